The summed E-state index contributed by atoms with van der Waals surface area (Å²) in [6.07, 6.45) is 2.77. The summed E-state index contributed by atoms with van der Waals surface area (Å²) in [5.74, 6) is -1.07. The predicted molar refractivity (Wildman–Crippen MR) is 60.0 cm³/mol. The van der Waals surface area contributed by atoms with Crippen LogP contribution < -0.4 is 0 Å². The van der Waals surface area contributed by atoms with E-state index in [0.29, 0.717) is 0 Å². The topological polar surface area (TPSA) is 27.0 Å². The number of rotatable bonds is 2. The summed E-state index contributed by atoms with van der Waals surface area (Å²) in [5, 5.41) is 9.00. The highest BCUT2D eigenvalue weighted by molar-refractivity contribution is 5.20. The monoisotopic (exact) mass is 236 g/mol. The van der Waals surface area contributed by atoms with Crippen LogP contribution in [0.3, 0.4) is 0 Å². The van der Waals surface area contributed by atoms with Crippen molar-refractivity contribution in [1.82, 2.24) is 4.90 Å². The summed E-state index contributed by atoms with van der Waals surface area (Å²) in [6.45, 7) is 0.905. The maximum atomic E-state index is 13.5. The Balaban J connectivity index is 2.17. The molecule has 1 aromatic rings. The van der Waals surface area contributed by atoms with Crippen molar-refractivity contribution < 1.29 is 8.78 Å². The lowest BCUT2D eigenvalue weighted by Crippen LogP contribution is -2.38. The molecule has 1 unspecified atom stereocenters. The summed E-state index contributed by atoms with van der Waals surface area (Å²) >= 11 is 0. The molecular weight excluding hydrogens is 222 g/mol. The van der Waals surface area contributed by atoms with E-state index in [0.717, 1.165) is 25.8 Å². The molecule has 1 heterocycles. The molecular formula is C13H14F2N2. The van der Waals surface area contributed by atoms with Crippen LogP contribution in [0.5, 0.6) is 0 Å². The molecule has 0 radical (unpaired) electrons. The zero-order chi connectivity index (χ0) is 12.3. The second-order valence-electron chi connectivity index (χ2n) is 4.31. The van der Waals surface area contributed by atoms with Crippen molar-refractivity contribution in [2.24, 2.45) is 0 Å². The fourth-order valence-electron chi connectivity index (χ4n) is 2.21. The summed E-state index contributed by atoms with van der Waals surface area (Å²) in [4.78, 5) is 1.85. The van der Waals surface area contributed by atoms with E-state index >= 15 is 0 Å². The number of likely N-dealkylation sites (tertiary alicyclic amines) is 1. The SMILES string of the molecule is N#CC1CCCCN1Cc1c(F)cccc1F. The van der Waals surface area contributed by atoms with Crippen LogP contribution in [-0.2, 0) is 6.54 Å². The molecule has 0 bridgehead atoms. The molecule has 4 heteroatoms. The third kappa shape index (κ3) is 2.62. The Hall–Kier alpha value is -1.47. The summed E-state index contributed by atoms with van der Waals surface area (Å²) < 4.78 is 27.0. The summed E-state index contributed by atoms with van der Waals surface area (Å²) in [5.41, 5.74) is 0.0645. The van der Waals surface area contributed by atoms with Crippen LogP contribution in [0.15, 0.2) is 18.2 Å². The van der Waals surface area contributed by atoms with Crippen LogP contribution in [0, 0.1) is 23.0 Å². The van der Waals surface area contributed by atoms with E-state index in [9.17, 15) is 8.78 Å². The van der Waals surface area contributed by atoms with Gasteiger partial charge in [0.15, 0.2) is 0 Å². The Morgan fingerprint density at radius 2 is 2.00 bits per heavy atom. The van der Waals surface area contributed by atoms with Gasteiger partial charge in [-0.2, -0.15) is 5.26 Å². The second-order valence-corrected chi connectivity index (χ2v) is 4.31. The van der Waals surface area contributed by atoms with Crippen LogP contribution in [0.2, 0.25) is 0 Å². The van der Waals surface area contributed by atoms with Gasteiger partial charge in [-0.1, -0.05) is 6.07 Å². The average Bonchev–Trinajstić information content (AvgIpc) is 2.34. The second kappa shape index (κ2) is 5.24. The van der Waals surface area contributed by atoms with Crippen molar-refractivity contribution >= 4 is 0 Å². The van der Waals surface area contributed by atoms with Gasteiger partial charge in [-0.3, -0.25) is 4.90 Å². The third-order valence-corrected chi connectivity index (χ3v) is 3.19. The van der Waals surface area contributed by atoms with Crippen molar-refractivity contribution in [2.45, 2.75) is 31.8 Å². The zero-order valence-electron chi connectivity index (χ0n) is 9.50. The molecule has 2 nitrogen and oxygen atoms in total. The molecule has 1 saturated heterocycles. The largest absolute Gasteiger partial charge is 0.284 e. The van der Waals surface area contributed by atoms with Gasteiger partial charge < -0.3 is 0 Å². The van der Waals surface area contributed by atoms with Crippen LogP contribution >= 0.6 is 0 Å². The number of hydrogen-bond donors (Lipinski definition) is 0. The number of nitriles is 1. The maximum absolute atomic E-state index is 13.5. The predicted octanol–water partition coefficient (Wildman–Crippen LogP) is 2.84. The molecule has 0 amide bonds. The summed E-state index contributed by atoms with van der Waals surface area (Å²) in [6, 6.07) is 5.84. The van der Waals surface area contributed by atoms with Crippen molar-refractivity contribution in [1.29, 1.82) is 5.26 Å². The van der Waals surface area contributed by atoms with E-state index in [1.54, 1.807) is 0 Å². The van der Waals surface area contributed by atoms with Gasteiger partial charge in [-0.05, 0) is 37.9 Å². The molecule has 0 saturated carbocycles. The van der Waals surface area contributed by atoms with Crippen molar-refractivity contribution in [3.8, 4) is 6.07 Å². The van der Waals surface area contributed by atoms with Gasteiger partial charge in [0.1, 0.15) is 11.6 Å². The molecule has 1 fully saturated rings. The van der Waals surface area contributed by atoms with Crippen LogP contribution in [-0.4, -0.2) is 17.5 Å². The molecule has 0 aliphatic carbocycles. The average molecular weight is 236 g/mol. The zero-order valence-corrected chi connectivity index (χ0v) is 9.50. The van der Waals surface area contributed by atoms with E-state index in [1.807, 2.05) is 4.90 Å². The minimum absolute atomic E-state index is 0.0645. The van der Waals surface area contributed by atoms with Crippen LogP contribution in [0.4, 0.5) is 8.78 Å². The summed E-state index contributed by atoms with van der Waals surface area (Å²) in [7, 11) is 0. The highest BCUT2D eigenvalue weighted by atomic mass is 19.1. The Kier molecular flexibility index (Phi) is 3.70. The van der Waals surface area contributed by atoms with E-state index in [4.69, 9.17) is 5.26 Å². The smallest absolute Gasteiger partial charge is 0.130 e. The lowest BCUT2D eigenvalue weighted by atomic mass is 10.0. The molecule has 2 rings (SSSR count). The van der Waals surface area contributed by atoms with Crippen LogP contribution in [0.25, 0.3) is 0 Å². The minimum Gasteiger partial charge on any atom is -0.284 e. The molecule has 0 aromatic heterocycles. The Morgan fingerprint density at radius 3 is 2.65 bits per heavy atom. The van der Waals surface area contributed by atoms with Crippen LogP contribution in [0.1, 0.15) is 24.8 Å². The molecule has 0 spiro atoms. The third-order valence-electron chi connectivity index (χ3n) is 3.19. The number of piperidine rings is 1. The van der Waals surface area contributed by atoms with Gasteiger partial charge >= 0.3 is 0 Å². The Labute approximate surface area is 99.5 Å². The Morgan fingerprint density at radius 1 is 1.29 bits per heavy atom. The van der Waals surface area contributed by atoms with Crippen molar-refractivity contribution in [2.75, 3.05) is 6.54 Å². The minimum atomic E-state index is -0.535. The first kappa shape index (κ1) is 12.0. The first-order valence-corrected chi connectivity index (χ1v) is 5.79. The van der Waals surface area contributed by atoms with Crippen molar-refractivity contribution in [3.63, 3.8) is 0 Å². The number of nitrogens with zero attached hydrogens (tertiary/aromatic N) is 2. The highest BCUT2D eigenvalue weighted by Crippen LogP contribution is 2.21. The molecule has 90 valence electrons. The van der Waals surface area contributed by atoms with Gasteiger partial charge in [0.25, 0.3) is 0 Å². The fourth-order valence-corrected chi connectivity index (χ4v) is 2.21. The van der Waals surface area contributed by atoms with Gasteiger partial charge in [-0.25, -0.2) is 8.78 Å². The van der Waals surface area contributed by atoms with E-state index < -0.39 is 11.6 Å². The quantitative estimate of drug-likeness (QED) is 0.789. The van der Waals surface area contributed by atoms with Crippen molar-refractivity contribution in [3.05, 3.63) is 35.4 Å². The van der Waals surface area contributed by atoms with E-state index in [-0.39, 0.29) is 18.2 Å². The molecule has 0 N–H and O–H groups in total. The Bertz CT molecular complexity index is 419. The molecule has 1 aromatic carbocycles. The number of benzene rings is 1. The fraction of sp³-hybridized carbons (Fsp3) is 0.462. The van der Waals surface area contributed by atoms with Gasteiger partial charge in [0.05, 0.1) is 12.1 Å². The molecule has 1 atom stereocenters. The maximum Gasteiger partial charge on any atom is 0.130 e. The molecule has 1 aliphatic rings. The molecule has 17 heavy (non-hydrogen) atoms. The van der Waals surface area contributed by atoms with E-state index in [1.165, 1.54) is 18.2 Å². The normalized spacial score (nSPS) is 21.1. The highest BCUT2D eigenvalue weighted by Gasteiger charge is 2.23. The first-order chi connectivity index (χ1) is 8.22. The molecule has 1 aliphatic heterocycles. The first-order valence-electron chi connectivity index (χ1n) is 5.79. The van der Waals surface area contributed by atoms with Gasteiger partial charge in [0, 0.05) is 12.1 Å². The number of hydrogen-bond acceptors (Lipinski definition) is 2. The lowest BCUT2D eigenvalue weighted by molar-refractivity contribution is 0.172. The lowest BCUT2D eigenvalue weighted by Gasteiger charge is -2.31. The van der Waals surface area contributed by atoms with E-state index in [2.05, 4.69) is 6.07 Å². The van der Waals surface area contributed by atoms with Gasteiger partial charge in [-0.15, -0.1) is 0 Å². The van der Waals surface area contributed by atoms with Gasteiger partial charge in [0.2, 0.25) is 0 Å². The standard InChI is InChI=1S/C13H14F2N2/c14-12-5-3-6-13(15)11(12)9-17-7-2-1-4-10(17)8-16/h3,5-6,10H,1-2,4,7,9H2. The number of halogens is 2.